The maximum atomic E-state index is 16.7. The molecule has 5 aromatic heterocycles. The molecule has 0 radical (unpaired) electrons. The first-order valence-electron chi connectivity index (χ1n) is 37.9. The molecule has 0 aliphatic carbocycles. The average molecular weight is 1470 g/mol. The predicted molar refractivity (Wildman–Crippen MR) is 438 cm³/mol. The number of aliphatic imine (C=N–C) groups is 1. The van der Waals surface area contributed by atoms with Crippen LogP contribution in [0.3, 0.4) is 0 Å². The summed E-state index contributed by atoms with van der Waals surface area (Å²) in [5.74, 6) is 0. The van der Waals surface area contributed by atoms with Crippen LogP contribution in [0, 0.1) is 41.5 Å². The van der Waals surface area contributed by atoms with Crippen molar-refractivity contribution in [3.63, 3.8) is 0 Å². The highest BCUT2D eigenvalue weighted by atomic mass is 19.3. The van der Waals surface area contributed by atoms with E-state index in [1.807, 2.05) is 78.0 Å². The van der Waals surface area contributed by atoms with Gasteiger partial charge in [0, 0.05) is 119 Å². The fourth-order valence-electron chi connectivity index (χ4n) is 20.1. The van der Waals surface area contributed by atoms with Gasteiger partial charge in [-0.25, -0.2) is 4.99 Å². The third kappa shape index (κ3) is 9.43. The number of hydrogen-bond acceptors (Lipinski definition) is 2. The smallest absolute Gasteiger partial charge is 0.400 e. The molecule has 11 aromatic rings. The lowest BCUT2D eigenvalue weighted by Crippen LogP contribution is -2.52. The van der Waals surface area contributed by atoms with E-state index in [1.165, 1.54) is 26.9 Å². The first kappa shape index (κ1) is 68.2. The molecule has 0 N–H and O–H groups in total. The Kier molecular flexibility index (Phi) is 14.5. The largest absolute Gasteiger partial charge is 0.737 e. The Labute approximate surface area is 640 Å². The molecule has 9 aliphatic heterocycles. The number of nitrogens with zero attached hydrogens (tertiary/aromatic N) is 9. The summed E-state index contributed by atoms with van der Waals surface area (Å²) >= 11 is 0. The van der Waals surface area contributed by atoms with Crippen LogP contribution in [0.2, 0.25) is 0 Å². The molecule has 6 aromatic carbocycles. The molecule has 111 heavy (non-hydrogen) atoms. The lowest BCUT2D eigenvalue weighted by molar-refractivity contribution is -0.364. The van der Waals surface area contributed by atoms with Gasteiger partial charge in [0.25, 0.3) is 0 Å². The predicted octanol–water partition coefficient (Wildman–Crippen LogP) is 18.4. The van der Waals surface area contributed by atoms with Gasteiger partial charge in [0.15, 0.2) is 17.1 Å². The van der Waals surface area contributed by atoms with Crippen LogP contribution >= 0.6 is 0 Å². The molecule has 4 bridgehead atoms. The van der Waals surface area contributed by atoms with Crippen molar-refractivity contribution < 1.29 is 44.0 Å². The summed E-state index contributed by atoms with van der Waals surface area (Å²) in [7, 11) is 1.08. The van der Waals surface area contributed by atoms with Gasteiger partial charge in [0.1, 0.15) is 17.1 Å². The molecule has 9 aliphatic rings. The third-order valence-electron chi connectivity index (χ3n) is 24.5. The Balaban J connectivity index is 0.701. The fourth-order valence-corrected chi connectivity index (χ4v) is 20.1. The molecule has 0 amide bonds. The summed E-state index contributed by atoms with van der Waals surface area (Å²) < 4.78 is 119. The minimum absolute atomic E-state index is 0.521. The molecule has 0 saturated heterocycles. The van der Waals surface area contributed by atoms with E-state index < -0.39 is 28.1 Å². The maximum Gasteiger partial charge on any atom is 0.737 e. The van der Waals surface area contributed by atoms with Crippen molar-refractivity contribution >= 4 is 84.4 Å². The molecule has 0 unspecified atom stereocenters. The summed E-state index contributed by atoms with van der Waals surface area (Å²) in [4.78, 5) is 5.62. The molecule has 0 atom stereocenters. The Morgan fingerprint density at radius 1 is 0.324 bits per heavy atom. The standard InChI is InChI=1S/C91H75B4F6N9O/c1-50-44-56(7)105-86(50)83(87-51(2)45-57(8)106(87)93(105,96)97)71-32-20-65(21-33-71)62-14-26-68(27-15-62)80-74-38-39-75(102-74)81(69-28-16-63(17-29-69)66-22-34-72(35-23-66)84-88-52(3)46-58(9)107(88)94(98,99)108-59(10)47-53(4)89(84)108)77-41-43-79-82(78-42-40-76(80)103(78)92(111-13)104(77)79)70-30-18-64(19-31-70)67-24-36-73(37-25-67)85-90-54(5)48-60(11)109(90)95(100,101)110-61(12)49-55(6)91(85)110/h14-49H,1-13H3. The maximum absolute atomic E-state index is 16.7. The van der Waals surface area contributed by atoms with Gasteiger partial charge in [-0.2, -0.15) is 0 Å². The number of allylic oxidation sites excluding steroid dienone is 8. The van der Waals surface area contributed by atoms with Crippen molar-refractivity contribution in [3.8, 4) is 33.4 Å². The Hall–Kier alpha value is -12.1. The van der Waals surface area contributed by atoms with E-state index in [1.54, 1.807) is 48.7 Å². The summed E-state index contributed by atoms with van der Waals surface area (Å²) in [5.41, 5.74) is 31.1. The molecule has 544 valence electrons. The Morgan fingerprint density at radius 3 is 0.928 bits per heavy atom. The lowest BCUT2D eigenvalue weighted by Gasteiger charge is -2.34. The molecule has 20 heteroatoms. The molecular formula is C91H75B4F6N9O. The minimum atomic E-state index is -4.12. The summed E-state index contributed by atoms with van der Waals surface area (Å²) in [5, 5.41) is 1.84. The van der Waals surface area contributed by atoms with Gasteiger partial charge < -0.3 is 66.4 Å². The summed E-state index contributed by atoms with van der Waals surface area (Å²) in [6.45, 7) is 9.69. The number of benzene rings is 6. The minimum Gasteiger partial charge on any atom is -0.400 e. The van der Waals surface area contributed by atoms with Crippen LogP contribution in [0.15, 0.2) is 263 Å². The second kappa shape index (κ2) is 23.7. The normalized spacial score (nSPS) is 18.0. The highest BCUT2D eigenvalue weighted by Gasteiger charge is 2.58. The van der Waals surface area contributed by atoms with E-state index in [0.29, 0.717) is 68.4 Å². The van der Waals surface area contributed by atoms with Crippen LogP contribution in [-0.2, 0) is 4.65 Å². The van der Waals surface area contributed by atoms with Crippen LogP contribution < -0.4 is 10.7 Å². The molecular weight excluding hydrogens is 1390 g/mol. The molecule has 0 saturated carbocycles. The van der Waals surface area contributed by atoms with Crippen LogP contribution in [0.25, 0.3) is 66.8 Å². The quantitative estimate of drug-likeness (QED) is 0.0994. The van der Waals surface area contributed by atoms with Crippen molar-refractivity contribution in [1.29, 1.82) is 0 Å². The fraction of sp³-hybridized carbons (Fsp3) is 0.143. The Bertz CT molecular complexity index is 6700. The molecule has 10 nitrogen and oxygen atoms in total. The number of hydrogen-bond donors (Lipinski definition) is 0. The van der Waals surface area contributed by atoms with E-state index in [-0.39, 0.29) is 0 Å². The van der Waals surface area contributed by atoms with Crippen LogP contribution in [-0.4, -0.2) is 93.9 Å². The second-order valence-electron chi connectivity index (χ2n) is 31.3. The van der Waals surface area contributed by atoms with Crippen molar-refractivity contribution in [2.75, 3.05) is 7.11 Å². The number of fused-ring (bicyclic) bond motifs is 7. The number of halogens is 6. The molecule has 20 rings (SSSR count). The van der Waals surface area contributed by atoms with Crippen molar-refractivity contribution in [2.45, 2.75) is 83.1 Å². The van der Waals surface area contributed by atoms with Crippen molar-refractivity contribution in [2.24, 2.45) is 4.99 Å². The molecule has 0 spiro atoms. The zero-order valence-corrected chi connectivity index (χ0v) is 63.8. The van der Waals surface area contributed by atoms with Gasteiger partial charge in [-0.15, -0.1) is 0 Å². The van der Waals surface area contributed by atoms with Crippen LogP contribution in [0.4, 0.5) is 25.9 Å². The van der Waals surface area contributed by atoms with E-state index in [2.05, 4.69) is 191 Å². The van der Waals surface area contributed by atoms with Crippen LogP contribution in [0.1, 0.15) is 137 Å². The van der Waals surface area contributed by atoms with Crippen molar-refractivity contribution in [3.05, 3.63) is 364 Å². The highest BCUT2D eigenvalue weighted by Crippen LogP contribution is 2.50. The van der Waals surface area contributed by atoms with E-state index >= 15 is 25.9 Å². The van der Waals surface area contributed by atoms with Gasteiger partial charge in [-0.3, -0.25) is 0 Å². The van der Waals surface area contributed by atoms with Gasteiger partial charge in [0.2, 0.25) is 0 Å². The first-order chi connectivity index (χ1) is 53.2. The Morgan fingerprint density at radius 2 is 0.604 bits per heavy atom. The highest BCUT2D eigenvalue weighted by molar-refractivity contribution is 6.60. The third-order valence-corrected chi connectivity index (χ3v) is 24.5. The zero-order valence-electron chi connectivity index (χ0n) is 63.8. The summed E-state index contributed by atoms with van der Waals surface area (Å²) in [6.07, 6.45) is 9.79. The second-order valence-corrected chi connectivity index (χ2v) is 31.3. The topological polar surface area (TPSA) is 55.3 Å². The van der Waals surface area contributed by atoms with Crippen molar-refractivity contribution in [1.82, 2.24) is 22.4 Å². The number of rotatable bonds is 10. The van der Waals surface area contributed by atoms with E-state index in [0.717, 1.165) is 167 Å². The molecule has 0 fully saturated rings. The van der Waals surface area contributed by atoms with E-state index in [9.17, 15) is 0 Å². The number of aryl methyl sites for hydroxylation is 6. The zero-order chi connectivity index (χ0) is 76.8. The van der Waals surface area contributed by atoms with Gasteiger partial charge in [-0.1, -0.05) is 146 Å². The monoisotopic (exact) mass is 1470 g/mol. The SMILES string of the molecule is COB1n2c3ccc2C(c2ccc(-c4ccc(C5=C6C(C)=CC(C)=[N+]6[B-](F)(F)n6c(C)cc(C)c65)cc4)cc2)=c2ccc(n21)=C(c1ccc(-c2ccc(C4=C5C(C)=CC(C)=[N+]5[B-](F)(F)n5c(C)cc(C)c54)cc2)cc1)C1=NC(=C3c2ccc(-c3ccc(C4=C5C(C)=CC(C)=[N+]5[B-](F)(F)n5c(C)cc(C)c54)cc3)cc2)C=C1. The number of aromatic nitrogens is 5. The van der Waals surface area contributed by atoms with Gasteiger partial charge in [0.05, 0.1) is 28.1 Å². The molecule has 14 heterocycles. The summed E-state index contributed by atoms with van der Waals surface area (Å²) in [6, 6.07) is 64.9. The first-order valence-corrected chi connectivity index (χ1v) is 37.9. The lowest BCUT2D eigenvalue weighted by atomic mass is 9.83. The van der Waals surface area contributed by atoms with E-state index in [4.69, 9.17) is 9.65 Å². The van der Waals surface area contributed by atoms with Gasteiger partial charge in [-0.05, 0) is 217 Å². The van der Waals surface area contributed by atoms with Crippen LogP contribution in [0.5, 0.6) is 0 Å². The average Bonchev–Trinajstić information content (AvgIpc) is 1.58. The van der Waals surface area contributed by atoms with Gasteiger partial charge >= 0.3 is 28.1 Å².